The van der Waals surface area contributed by atoms with Crippen molar-refractivity contribution >= 4 is 23.2 Å². The minimum Gasteiger partial charge on any atom is -0.378 e. The first-order valence-electron chi connectivity index (χ1n) is 6.79. The van der Waals surface area contributed by atoms with Crippen LogP contribution >= 0.6 is 11.6 Å². The molecular weight excluding hydrogens is 276 g/mol. The van der Waals surface area contributed by atoms with Crippen molar-refractivity contribution in [3.63, 3.8) is 0 Å². The van der Waals surface area contributed by atoms with Gasteiger partial charge in [0.2, 0.25) is 0 Å². The minimum absolute atomic E-state index is 0.0413. The van der Waals surface area contributed by atoms with Crippen LogP contribution in [0.4, 0.5) is 5.69 Å². The topological polar surface area (TPSA) is 32.8 Å². The van der Waals surface area contributed by atoms with Crippen LogP contribution in [0.5, 0.6) is 0 Å². The van der Waals surface area contributed by atoms with Crippen molar-refractivity contribution in [1.82, 2.24) is 4.90 Å². The Morgan fingerprint density at radius 2 is 2.25 bits per heavy atom. The highest BCUT2D eigenvalue weighted by atomic mass is 35.5. The van der Waals surface area contributed by atoms with E-state index in [9.17, 15) is 4.79 Å². The van der Waals surface area contributed by atoms with Crippen LogP contribution in [0.1, 0.15) is 17.3 Å². The number of morpholine rings is 1. The summed E-state index contributed by atoms with van der Waals surface area (Å²) in [7, 11) is 3.93. The number of halogens is 1. The fourth-order valence-electron chi connectivity index (χ4n) is 2.28. The molecule has 0 N–H and O–H groups in total. The molecule has 0 bridgehead atoms. The van der Waals surface area contributed by atoms with Crippen LogP contribution in [-0.2, 0) is 4.74 Å². The van der Waals surface area contributed by atoms with E-state index in [0.29, 0.717) is 24.6 Å². The summed E-state index contributed by atoms with van der Waals surface area (Å²) in [6.45, 7) is 3.09. The molecule has 2 unspecified atom stereocenters. The molecule has 0 saturated carbocycles. The molecule has 2 rings (SSSR count). The summed E-state index contributed by atoms with van der Waals surface area (Å²) in [5.74, 6) is 0.452. The number of benzene rings is 1. The molecule has 0 aliphatic carbocycles. The van der Waals surface area contributed by atoms with Gasteiger partial charge in [-0.25, -0.2) is 0 Å². The molecule has 4 nitrogen and oxygen atoms in total. The van der Waals surface area contributed by atoms with Crippen molar-refractivity contribution in [2.45, 2.75) is 19.1 Å². The van der Waals surface area contributed by atoms with E-state index in [0.717, 1.165) is 5.69 Å². The van der Waals surface area contributed by atoms with E-state index < -0.39 is 0 Å². The number of alkyl halides is 1. The zero-order chi connectivity index (χ0) is 14.7. The molecule has 1 amide bonds. The smallest absolute Gasteiger partial charge is 0.254 e. The molecule has 1 aliphatic heterocycles. The number of anilines is 1. The second-order valence-electron chi connectivity index (χ2n) is 5.36. The molecule has 20 heavy (non-hydrogen) atoms. The van der Waals surface area contributed by atoms with Crippen LogP contribution in [0, 0.1) is 0 Å². The van der Waals surface area contributed by atoms with Crippen molar-refractivity contribution in [3.05, 3.63) is 29.8 Å². The molecule has 1 aromatic rings. The first kappa shape index (κ1) is 15.1. The Labute approximate surface area is 125 Å². The second-order valence-corrected chi connectivity index (χ2v) is 5.67. The third-order valence-electron chi connectivity index (χ3n) is 3.55. The van der Waals surface area contributed by atoms with Gasteiger partial charge in [-0.2, -0.15) is 0 Å². The standard InChI is InChI=1S/C15H21ClN2O2/c1-11-10-20-14(8-16)9-18(11)15(19)12-5-4-6-13(7-12)17(2)3/h4-7,11,14H,8-10H2,1-3H3. The van der Waals surface area contributed by atoms with Crippen molar-refractivity contribution in [2.24, 2.45) is 0 Å². The molecule has 1 aliphatic rings. The number of amides is 1. The zero-order valence-electron chi connectivity index (χ0n) is 12.2. The molecule has 2 atom stereocenters. The molecule has 0 radical (unpaired) electrons. The highest BCUT2D eigenvalue weighted by Gasteiger charge is 2.29. The number of carbonyl (C=O) groups is 1. The molecule has 110 valence electrons. The Morgan fingerprint density at radius 3 is 2.90 bits per heavy atom. The number of ether oxygens (including phenoxy) is 1. The van der Waals surface area contributed by atoms with Crippen LogP contribution in [0.3, 0.4) is 0 Å². The first-order chi connectivity index (χ1) is 9.52. The summed E-state index contributed by atoms with van der Waals surface area (Å²) in [6.07, 6.45) is -0.0751. The van der Waals surface area contributed by atoms with Crippen molar-refractivity contribution in [2.75, 3.05) is 38.0 Å². The molecule has 0 spiro atoms. The molecule has 1 aromatic carbocycles. The van der Waals surface area contributed by atoms with Crippen LogP contribution in [0.2, 0.25) is 0 Å². The van der Waals surface area contributed by atoms with Gasteiger partial charge in [0.05, 0.1) is 24.6 Å². The second kappa shape index (κ2) is 6.46. The van der Waals surface area contributed by atoms with Crippen molar-refractivity contribution < 1.29 is 9.53 Å². The Morgan fingerprint density at radius 1 is 1.50 bits per heavy atom. The number of hydrogen-bond acceptors (Lipinski definition) is 3. The lowest BCUT2D eigenvalue weighted by atomic mass is 10.1. The Bertz CT molecular complexity index is 479. The molecule has 1 saturated heterocycles. The van der Waals surface area contributed by atoms with E-state index in [1.807, 2.05) is 55.1 Å². The van der Waals surface area contributed by atoms with Gasteiger partial charge in [-0.15, -0.1) is 11.6 Å². The number of hydrogen-bond donors (Lipinski definition) is 0. The van der Waals surface area contributed by atoms with Gasteiger partial charge < -0.3 is 14.5 Å². The molecule has 1 fully saturated rings. The largest absolute Gasteiger partial charge is 0.378 e. The maximum Gasteiger partial charge on any atom is 0.254 e. The van der Waals surface area contributed by atoms with E-state index in [-0.39, 0.29) is 18.1 Å². The van der Waals surface area contributed by atoms with Crippen LogP contribution in [0.15, 0.2) is 24.3 Å². The van der Waals surface area contributed by atoms with E-state index in [1.165, 1.54) is 0 Å². The van der Waals surface area contributed by atoms with Gasteiger partial charge in [-0.05, 0) is 25.1 Å². The fraction of sp³-hybridized carbons (Fsp3) is 0.533. The number of nitrogens with zero attached hydrogens (tertiary/aromatic N) is 2. The van der Waals surface area contributed by atoms with Gasteiger partial charge in [0.15, 0.2) is 0 Å². The van der Waals surface area contributed by atoms with Gasteiger partial charge in [-0.1, -0.05) is 6.07 Å². The zero-order valence-corrected chi connectivity index (χ0v) is 12.9. The molecule has 1 heterocycles. The molecular formula is C15H21ClN2O2. The monoisotopic (exact) mass is 296 g/mol. The highest BCUT2D eigenvalue weighted by Crippen LogP contribution is 2.19. The summed E-state index contributed by atoms with van der Waals surface area (Å²) in [5.41, 5.74) is 1.73. The molecule has 5 heteroatoms. The lowest BCUT2D eigenvalue weighted by molar-refractivity contribution is -0.0371. The van der Waals surface area contributed by atoms with E-state index in [2.05, 4.69) is 0 Å². The van der Waals surface area contributed by atoms with E-state index in [4.69, 9.17) is 16.3 Å². The van der Waals surface area contributed by atoms with Crippen LogP contribution in [0.25, 0.3) is 0 Å². The minimum atomic E-state index is -0.0751. The predicted octanol–water partition coefficient (Wildman–Crippen LogP) is 2.22. The molecule has 0 aromatic heterocycles. The van der Waals surface area contributed by atoms with Gasteiger partial charge >= 0.3 is 0 Å². The summed E-state index contributed by atoms with van der Waals surface area (Å²) < 4.78 is 5.58. The van der Waals surface area contributed by atoms with Crippen molar-refractivity contribution in [3.8, 4) is 0 Å². The number of rotatable bonds is 3. The Hall–Kier alpha value is -1.26. The fourth-order valence-corrected chi connectivity index (χ4v) is 2.46. The van der Waals surface area contributed by atoms with Gasteiger partial charge in [0.1, 0.15) is 0 Å². The average molecular weight is 297 g/mol. The Kier molecular flexibility index (Phi) is 4.89. The first-order valence-corrected chi connectivity index (χ1v) is 7.32. The van der Waals surface area contributed by atoms with Crippen LogP contribution in [-0.4, -0.2) is 56.1 Å². The highest BCUT2D eigenvalue weighted by molar-refractivity contribution is 6.18. The van der Waals surface area contributed by atoms with Gasteiger partial charge in [0.25, 0.3) is 5.91 Å². The van der Waals surface area contributed by atoms with E-state index in [1.54, 1.807) is 0 Å². The van der Waals surface area contributed by atoms with Gasteiger partial charge in [-0.3, -0.25) is 4.79 Å². The SMILES string of the molecule is CC1COC(CCl)CN1C(=O)c1cccc(N(C)C)c1. The lowest BCUT2D eigenvalue weighted by Crippen LogP contribution is -2.51. The normalized spacial score (nSPS) is 22.7. The van der Waals surface area contributed by atoms with Crippen molar-refractivity contribution in [1.29, 1.82) is 0 Å². The lowest BCUT2D eigenvalue weighted by Gasteiger charge is -2.37. The Balaban J connectivity index is 2.19. The van der Waals surface area contributed by atoms with Gasteiger partial charge in [0, 0.05) is 31.9 Å². The number of carbonyl (C=O) groups excluding carboxylic acids is 1. The average Bonchev–Trinajstić information content (AvgIpc) is 2.47. The summed E-state index contributed by atoms with van der Waals surface area (Å²) in [5, 5.41) is 0. The maximum atomic E-state index is 12.7. The summed E-state index contributed by atoms with van der Waals surface area (Å²) in [6, 6.07) is 7.74. The third-order valence-corrected chi connectivity index (χ3v) is 3.89. The predicted molar refractivity (Wildman–Crippen MR) is 81.7 cm³/mol. The summed E-state index contributed by atoms with van der Waals surface area (Å²) >= 11 is 5.84. The maximum absolute atomic E-state index is 12.7. The van der Waals surface area contributed by atoms with Crippen LogP contribution < -0.4 is 4.90 Å². The van der Waals surface area contributed by atoms with E-state index >= 15 is 0 Å². The third kappa shape index (κ3) is 3.25. The summed E-state index contributed by atoms with van der Waals surface area (Å²) in [4.78, 5) is 16.5. The quantitative estimate of drug-likeness (QED) is 0.802.